The predicted octanol–water partition coefficient (Wildman–Crippen LogP) is 2.86. The minimum Gasteiger partial charge on any atom is -0.466 e. The van der Waals surface area contributed by atoms with Crippen molar-refractivity contribution in [1.82, 2.24) is 0 Å². The van der Waals surface area contributed by atoms with E-state index >= 15 is 0 Å². The summed E-state index contributed by atoms with van der Waals surface area (Å²) < 4.78 is 5.14. The Bertz CT molecular complexity index is 165. The number of hydrogen-bond donors (Lipinski definition) is 0. The first-order valence-corrected chi connectivity index (χ1v) is 6.71. The SMILES string of the molecule is CCCCOC(=O)CC1CCSCC1. The Balaban J connectivity index is 2.06. The Morgan fingerprint density at radius 2 is 2.14 bits per heavy atom. The van der Waals surface area contributed by atoms with E-state index in [1.807, 2.05) is 11.8 Å². The second kappa shape index (κ2) is 7.16. The molecule has 1 fully saturated rings. The average molecular weight is 216 g/mol. The first-order chi connectivity index (χ1) is 6.83. The number of esters is 1. The lowest BCUT2D eigenvalue weighted by atomic mass is 9.99. The molecule has 1 aliphatic heterocycles. The summed E-state index contributed by atoms with van der Waals surface area (Å²) in [5, 5.41) is 0. The van der Waals surface area contributed by atoms with Gasteiger partial charge in [0.25, 0.3) is 0 Å². The molecule has 0 bridgehead atoms. The van der Waals surface area contributed by atoms with Gasteiger partial charge in [0.05, 0.1) is 6.61 Å². The van der Waals surface area contributed by atoms with Crippen molar-refractivity contribution in [2.45, 2.75) is 39.0 Å². The van der Waals surface area contributed by atoms with Crippen LogP contribution < -0.4 is 0 Å². The van der Waals surface area contributed by atoms with Gasteiger partial charge in [-0.15, -0.1) is 0 Å². The van der Waals surface area contributed by atoms with Crippen LogP contribution in [0.1, 0.15) is 39.0 Å². The van der Waals surface area contributed by atoms with Gasteiger partial charge in [0.2, 0.25) is 0 Å². The van der Waals surface area contributed by atoms with Gasteiger partial charge in [-0.2, -0.15) is 11.8 Å². The third-order valence-corrected chi connectivity index (χ3v) is 3.61. The van der Waals surface area contributed by atoms with Gasteiger partial charge in [0.15, 0.2) is 0 Å². The number of unbranched alkanes of at least 4 members (excludes halogenated alkanes) is 1. The topological polar surface area (TPSA) is 26.3 Å². The summed E-state index contributed by atoms with van der Waals surface area (Å²) in [5.41, 5.74) is 0. The average Bonchev–Trinajstić information content (AvgIpc) is 2.20. The summed E-state index contributed by atoms with van der Waals surface area (Å²) >= 11 is 2.00. The highest BCUT2D eigenvalue weighted by Crippen LogP contribution is 2.25. The van der Waals surface area contributed by atoms with Crippen LogP contribution in [-0.2, 0) is 9.53 Å². The van der Waals surface area contributed by atoms with E-state index in [0.717, 1.165) is 12.8 Å². The van der Waals surface area contributed by atoms with Crippen molar-refractivity contribution in [3.8, 4) is 0 Å². The molecule has 0 N–H and O–H groups in total. The first-order valence-electron chi connectivity index (χ1n) is 5.56. The molecule has 2 nitrogen and oxygen atoms in total. The van der Waals surface area contributed by atoms with E-state index in [1.54, 1.807) is 0 Å². The van der Waals surface area contributed by atoms with Crippen LogP contribution in [0.2, 0.25) is 0 Å². The highest BCUT2D eigenvalue weighted by Gasteiger charge is 2.17. The molecule has 0 aromatic carbocycles. The van der Waals surface area contributed by atoms with Gasteiger partial charge in [0.1, 0.15) is 0 Å². The largest absolute Gasteiger partial charge is 0.466 e. The molecule has 0 aliphatic carbocycles. The molecule has 14 heavy (non-hydrogen) atoms. The maximum Gasteiger partial charge on any atom is 0.306 e. The number of rotatable bonds is 5. The molecule has 82 valence electrons. The first kappa shape index (κ1) is 11.9. The molecular formula is C11H20O2S. The van der Waals surface area contributed by atoms with Crippen molar-refractivity contribution in [1.29, 1.82) is 0 Å². The molecule has 0 saturated carbocycles. The number of thioether (sulfide) groups is 1. The Kier molecular flexibility index (Phi) is 6.08. The van der Waals surface area contributed by atoms with Crippen LogP contribution in [0, 0.1) is 5.92 Å². The molecule has 1 aliphatic rings. The lowest BCUT2D eigenvalue weighted by Crippen LogP contribution is -2.16. The van der Waals surface area contributed by atoms with Gasteiger partial charge >= 0.3 is 5.97 Å². The summed E-state index contributed by atoms with van der Waals surface area (Å²) in [6.07, 6.45) is 5.10. The van der Waals surface area contributed by atoms with E-state index in [4.69, 9.17) is 4.74 Å². The van der Waals surface area contributed by atoms with Crippen molar-refractivity contribution < 1.29 is 9.53 Å². The fraction of sp³-hybridized carbons (Fsp3) is 0.909. The molecule has 0 aromatic rings. The Morgan fingerprint density at radius 1 is 1.43 bits per heavy atom. The van der Waals surface area contributed by atoms with Crippen LogP contribution in [0.3, 0.4) is 0 Å². The summed E-state index contributed by atoms with van der Waals surface area (Å²) in [7, 11) is 0. The van der Waals surface area contributed by atoms with Crippen molar-refractivity contribution in [2.24, 2.45) is 5.92 Å². The second-order valence-electron chi connectivity index (χ2n) is 3.83. The van der Waals surface area contributed by atoms with Gasteiger partial charge in [-0.05, 0) is 36.7 Å². The fourth-order valence-corrected chi connectivity index (χ4v) is 2.78. The molecule has 1 rings (SSSR count). The number of carbonyl (C=O) groups excluding carboxylic acids is 1. The summed E-state index contributed by atoms with van der Waals surface area (Å²) in [6, 6.07) is 0. The monoisotopic (exact) mass is 216 g/mol. The van der Waals surface area contributed by atoms with Crippen molar-refractivity contribution in [2.75, 3.05) is 18.1 Å². The second-order valence-corrected chi connectivity index (χ2v) is 5.06. The number of ether oxygens (including phenoxy) is 1. The van der Waals surface area contributed by atoms with Gasteiger partial charge in [0, 0.05) is 6.42 Å². The highest BCUT2D eigenvalue weighted by molar-refractivity contribution is 7.99. The zero-order valence-electron chi connectivity index (χ0n) is 8.96. The Morgan fingerprint density at radius 3 is 2.79 bits per heavy atom. The van der Waals surface area contributed by atoms with Crippen molar-refractivity contribution in [3.05, 3.63) is 0 Å². The van der Waals surface area contributed by atoms with Gasteiger partial charge in [-0.25, -0.2) is 0 Å². The molecule has 0 unspecified atom stereocenters. The fourth-order valence-electron chi connectivity index (χ4n) is 1.58. The molecule has 0 aromatic heterocycles. The van der Waals surface area contributed by atoms with Crippen LogP contribution in [-0.4, -0.2) is 24.1 Å². The molecule has 0 atom stereocenters. The molecule has 0 amide bonds. The third-order valence-electron chi connectivity index (χ3n) is 2.56. The minimum absolute atomic E-state index is 0.00958. The molecular weight excluding hydrogens is 196 g/mol. The Labute approximate surface area is 90.8 Å². The predicted molar refractivity (Wildman–Crippen MR) is 60.5 cm³/mol. The minimum atomic E-state index is 0.00958. The molecule has 0 spiro atoms. The number of hydrogen-bond acceptors (Lipinski definition) is 3. The van der Waals surface area contributed by atoms with E-state index in [9.17, 15) is 4.79 Å². The van der Waals surface area contributed by atoms with Crippen molar-refractivity contribution in [3.63, 3.8) is 0 Å². The maximum absolute atomic E-state index is 11.4. The highest BCUT2D eigenvalue weighted by atomic mass is 32.2. The molecule has 0 radical (unpaired) electrons. The standard InChI is InChI=1S/C11H20O2S/c1-2-3-6-13-11(12)9-10-4-7-14-8-5-10/h10H,2-9H2,1H3. The van der Waals surface area contributed by atoms with Crippen LogP contribution >= 0.6 is 11.8 Å². The van der Waals surface area contributed by atoms with E-state index in [-0.39, 0.29) is 5.97 Å². The normalized spacial score (nSPS) is 18.1. The van der Waals surface area contributed by atoms with E-state index < -0.39 is 0 Å². The van der Waals surface area contributed by atoms with E-state index in [0.29, 0.717) is 18.9 Å². The van der Waals surface area contributed by atoms with Crippen LogP contribution in [0.4, 0.5) is 0 Å². The summed E-state index contributed by atoms with van der Waals surface area (Å²) in [6.45, 7) is 2.71. The summed E-state index contributed by atoms with van der Waals surface area (Å²) in [4.78, 5) is 11.4. The Hall–Kier alpha value is -0.180. The smallest absolute Gasteiger partial charge is 0.306 e. The van der Waals surface area contributed by atoms with Gasteiger partial charge in [-0.3, -0.25) is 4.79 Å². The van der Waals surface area contributed by atoms with Gasteiger partial charge < -0.3 is 4.74 Å². The lowest BCUT2D eigenvalue weighted by molar-refractivity contribution is -0.144. The zero-order valence-corrected chi connectivity index (χ0v) is 9.78. The van der Waals surface area contributed by atoms with Gasteiger partial charge in [-0.1, -0.05) is 13.3 Å². The van der Waals surface area contributed by atoms with Crippen LogP contribution in [0.5, 0.6) is 0 Å². The molecule has 3 heteroatoms. The number of carbonyl (C=O) groups is 1. The van der Waals surface area contributed by atoms with E-state index in [1.165, 1.54) is 24.3 Å². The lowest BCUT2D eigenvalue weighted by Gasteiger charge is -2.20. The third kappa shape index (κ3) is 4.89. The van der Waals surface area contributed by atoms with Crippen molar-refractivity contribution >= 4 is 17.7 Å². The zero-order chi connectivity index (χ0) is 10.2. The quantitative estimate of drug-likeness (QED) is 0.522. The van der Waals surface area contributed by atoms with Crippen LogP contribution in [0.25, 0.3) is 0 Å². The maximum atomic E-state index is 11.4. The van der Waals surface area contributed by atoms with E-state index in [2.05, 4.69) is 6.92 Å². The summed E-state index contributed by atoms with van der Waals surface area (Å²) in [5.74, 6) is 3.03. The van der Waals surface area contributed by atoms with Crippen LogP contribution in [0.15, 0.2) is 0 Å². The molecule has 1 saturated heterocycles. The molecule has 1 heterocycles.